The quantitative estimate of drug-likeness (QED) is 0.423. The molecule has 0 saturated heterocycles. The van der Waals surface area contributed by atoms with E-state index < -0.39 is 13.0 Å². The van der Waals surface area contributed by atoms with Crippen LogP contribution in [0.4, 0.5) is 14.6 Å². The standard InChI is InChI=1S/C19H24F2N4O/c1-12(11-26)7-15(8-23-9-18(20)21)13(2)25-10-17-16(14(25)3)5-6-24-19(17)22-4/h5-8,11,13,18,23H,3,9-10H2,1-2,4H3,(H,22,24). The number of fused-ring (bicyclic) bond motifs is 1. The molecule has 0 aliphatic carbocycles. The minimum atomic E-state index is -2.45. The lowest BCUT2D eigenvalue weighted by atomic mass is 10.1. The van der Waals surface area contributed by atoms with E-state index >= 15 is 0 Å². The van der Waals surface area contributed by atoms with E-state index in [9.17, 15) is 13.6 Å². The van der Waals surface area contributed by atoms with Crippen molar-refractivity contribution in [2.75, 3.05) is 18.9 Å². The fraction of sp³-hybridized carbons (Fsp3) is 0.368. The largest absolute Gasteiger partial charge is 0.385 e. The number of allylic oxidation sites excluding steroid dienone is 1. The maximum absolute atomic E-state index is 12.4. The van der Waals surface area contributed by atoms with Crippen molar-refractivity contribution in [2.45, 2.75) is 32.9 Å². The van der Waals surface area contributed by atoms with Crippen LogP contribution in [0.1, 0.15) is 25.0 Å². The lowest BCUT2D eigenvalue weighted by Gasteiger charge is -2.29. The molecule has 2 heterocycles. The Bertz CT molecular complexity index is 743. The van der Waals surface area contributed by atoms with E-state index in [4.69, 9.17) is 0 Å². The molecule has 1 aliphatic heterocycles. The highest BCUT2D eigenvalue weighted by Gasteiger charge is 2.29. The summed E-state index contributed by atoms with van der Waals surface area (Å²) in [6.07, 6.45) is 3.25. The van der Waals surface area contributed by atoms with Gasteiger partial charge in [0.1, 0.15) is 12.1 Å². The van der Waals surface area contributed by atoms with Crippen LogP contribution in [0, 0.1) is 0 Å². The molecule has 1 atom stereocenters. The van der Waals surface area contributed by atoms with Crippen molar-refractivity contribution in [3.05, 3.63) is 53.4 Å². The van der Waals surface area contributed by atoms with Crippen molar-refractivity contribution in [1.29, 1.82) is 0 Å². The molecule has 0 bridgehead atoms. The third-order valence-electron chi connectivity index (χ3n) is 4.35. The first-order valence-corrected chi connectivity index (χ1v) is 8.35. The highest BCUT2D eigenvalue weighted by Crippen LogP contribution is 2.37. The second-order valence-electron chi connectivity index (χ2n) is 6.14. The summed E-state index contributed by atoms with van der Waals surface area (Å²) in [5.41, 5.74) is 4.13. The Kier molecular flexibility index (Phi) is 6.49. The summed E-state index contributed by atoms with van der Waals surface area (Å²) < 4.78 is 24.9. The minimum absolute atomic E-state index is 0.167. The zero-order valence-electron chi connectivity index (χ0n) is 15.2. The van der Waals surface area contributed by atoms with Crippen LogP contribution in [-0.2, 0) is 11.3 Å². The maximum atomic E-state index is 12.4. The first-order chi connectivity index (χ1) is 12.4. The number of aldehydes is 1. The average molecular weight is 362 g/mol. The van der Waals surface area contributed by atoms with E-state index in [1.807, 2.05) is 20.0 Å². The molecule has 1 aromatic heterocycles. The van der Waals surface area contributed by atoms with Gasteiger partial charge in [0.05, 0.1) is 12.6 Å². The third-order valence-corrected chi connectivity index (χ3v) is 4.35. The number of carbonyl (C=O) groups is 1. The number of pyridine rings is 1. The summed E-state index contributed by atoms with van der Waals surface area (Å²) in [6.45, 7) is 7.96. The van der Waals surface area contributed by atoms with E-state index in [1.54, 1.807) is 19.2 Å². The molecular formula is C19H24F2N4O. The molecule has 2 N–H and O–H groups in total. The number of carbonyl (C=O) groups excluding carboxylic acids is 1. The van der Waals surface area contributed by atoms with Crippen LogP contribution in [0.5, 0.6) is 0 Å². The number of nitrogens with one attached hydrogen (secondary N) is 2. The third kappa shape index (κ3) is 4.28. The van der Waals surface area contributed by atoms with Gasteiger partial charge in [0.2, 0.25) is 0 Å². The molecule has 0 spiro atoms. The minimum Gasteiger partial charge on any atom is -0.385 e. The number of nitrogens with zero attached hydrogens (tertiary/aromatic N) is 2. The number of aromatic nitrogens is 1. The Labute approximate surface area is 152 Å². The first kappa shape index (κ1) is 19.6. The number of alkyl halides is 2. The molecule has 5 nitrogen and oxygen atoms in total. The molecule has 2 rings (SSSR count). The number of rotatable bonds is 8. The molecule has 140 valence electrons. The fourth-order valence-corrected chi connectivity index (χ4v) is 2.96. The fourth-order valence-electron chi connectivity index (χ4n) is 2.96. The van der Waals surface area contributed by atoms with Gasteiger partial charge in [-0.15, -0.1) is 0 Å². The van der Waals surface area contributed by atoms with Crippen LogP contribution in [0.15, 0.2) is 42.3 Å². The summed E-state index contributed by atoms with van der Waals surface area (Å²) in [6, 6.07) is 1.75. The van der Waals surface area contributed by atoms with Gasteiger partial charge in [0.15, 0.2) is 0 Å². The highest BCUT2D eigenvalue weighted by atomic mass is 19.3. The normalized spacial score (nSPS) is 15.9. The molecule has 1 unspecified atom stereocenters. The van der Waals surface area contributed by atoms with Gasteiger partial charge in [-0.2, -0.15) is 0 Å². The highest BCUT2D eigenvalue weighted by molar-refractivity contribution is 5.75. The molecule has 7 heteroatoms. The van der Waals surface area contributed by atoms with Crippen LogP contribution < -0.4 is 10.6 Å². The molecular weight excluding hydrogens is 338 g/mol. The number of anilines is 1. The van der Waals surface area contributed by atoms with E-state index in [0.29, 0.717) is 12.1 Å². The predicted octanol–water partition coefficient (Wildman–Crippen LogP) is 3.18. The average Bonchev–Trinajstić information content (AvgIpc) is 2.96. The Morgan fingerprint density at radius 1 is 1.50 bits per heavy atom. The summed E-state index contributed by atoms with van der Waals surface area (Å²) in [4.78, 5) is 17.4. The molecule has 1 aromatic rings. The first-order valence-electron chi connectivity index (χ1n) is 8.35. The van der Waals surface area contributed by atoms with E-state index in [-0.39, 0.29) is 6.04 Å². The summed E-state index contributed by atoms with van der Waals surface area (Å²) in [5.74, 6) is 0.791. The molecule has 0 aromatic carbocycles. The van der Waals surface area contributed by atoms with Crippen molar-refractivity contribution in [1.82, 2.24) is 15.2 Å². The van der Waals surface area contributed by atoms with Crippen LogP contribution >= 0.6 is 0 Å². The summed E-state index contributed by atoms with van der Waals surface area (Å²) in [7, 11) is 1.81. The van der Waals surface area contributed by atoms with E-state index in [2.05, 4.69) is 27.1 Å². The number of hydrogen-bond acceptors (Lipinski definition) is 5. The smallest absolute Gasteiger partial charge is 0.255 e. The monoisotopic (exact) mass is 362 g/mol. The van der Waals surface area contributed by atoms with Gasteiger partial charge in [0, 0.05) is 42.8 Å². The van der Waals surface area contributed by atoms with Gasteiger partial charge >= 0.3 is 0 Å². The second kappa shape index (κ2) is 8.60. The van der Waals surface area contributed by atoms with Crippen molar-refractivity contribution >= 4 is 17.8 Å². The second-order valence-corrected chi connectivity index (χ2v) is 6.14. The van der Waals surface area contributed by atoms with Crippen LogP contribution in [0.3, 0.4) is 0 Å². The maximum Gasteiger partial charge on any atom is 0.255 e. The Morgan fingerprint density at radius 2 is 2.23 bits per heavy atom. The molecule has 0 amide bonds. The zero-order chi connectivity index (χ0) is 19.3. The van der Waals surface area contributed by atoms with Crippen LogP contribution in [-0.4, -0.2) is 42.2 Å². The van der Waals surface area contributed by atoms with Crippen molar-refractivity contribution in [3.63, 3.8) is 0 Å². The molecule has 0 fully saturated rings. The van der Waals surface area contributed by atoms with Gasteiger partial charge in [-0.25, -0.2) is 13.8 Å². The predicted molar refractivity (Wildman–Crippen MR) is 99.7 cm³/mol. The SMILES string of the molecule is C=C1c2ccnc(NC)c2CN1C(C)C(C=C(C)C=O)=CNCC(F)F. The zero-order valence-corrected chi connectivity index (χ0v) is 15.2. The van der Waals surface area contributed by atoms with Crippen molar-refractivity contribution in [3.8, 4) is 0 Å². The molecule has 1 aliphatic rings. The van der Waals surface area contributed by atoms with Crippen LogP contribution in [0.2, 0.25) is 0 Å². The van der Waals surface area contributed by atoms with Gasteiger partial charge < -0.3 is 15.5 Å². The lowest BCUT2D eigenvalue weighted by molar-refractivity contribution is -0.104. The van der Waals surface area contributed by atoms with Crippen molar-refractivity contribution < 1.29 is 13.6 Å². The number of hydrogen-bond donors (Lipinski definition) is 2. The topological polar surface area (TPSA) is 57.3 Å². The van der Waals surface area contributed by atoms with Gasteiger partial charge in [0.25, 0.3) is 6.43 Å². The van der Waals surface area contributed by atoms with E-state index in [0.717, 1.165) is 34.5 Å². The van der Waals surface area contributed by atoms with E-state index in [1.165, 1.54) is 6.20 Å². The Balaban J connectivity index is 2.30. The number of halogens is 2. The van der Waals surface area contributed by atoms with Gasteiger partial charge in [-0.1, -0.05) is 6.58 Å². The Hall–Kier alpha value is -2.70. The molecule has 0 radical (unpaired) electrons. The molecule has 0 saturated carbocycles. The van der Waals surface area contributed by atoms with Crippen molar-refractivity contribution in [2.24, 2.45) is 0 Å². The lowest BCUT2D eigenvalue weighted by Crippen LogP contribution is -2.29. The van der Waals surface area contributed by atoms with Gasteiger partial charge in [-0.3, -0.25) is 4.79 Å². The van der Waals surface area contributed by atoms with Gasteiger partial charge in [-0.05, 0) is 37.1 Å². The summed E-state index contributed by atoms with van der Waals surface area (Å²) in [5, 5.41) is 5.70. The van der Waals surface area contributed by atoms with Crippen LogP contribution in [0.25, 0.3) is 5.70 Å². The Morgan fingerprint density at radius 3 is 2.85 bits per heavy atom. The summed E-state index contributed by atoms with van der Waals surface area (Å²) >= 11 is 0. The molecule has 26 heavy (non-hydrogen) atoms.